The van der Waals surface area contributed by atoms with Gasteiger partial charge >= 0.3 is 5.97 Å². The van der Waals surface area contributed by atoms with Crippen molar-refractivity contribution in [2.24, 2.45) is 0 Å². The molecule has 0 aliphatic heterocycles. The van der Waals surface area contributed by atoms with Crippen LogP contribution in [0.2, 0.25) is 0 Å². The standard InChI is InChI=1S/C25H24N2O4/c1-17(31-25(30)21-14-9-15-22(16-21)26-18(2)28)24(29)27-23(19-10-5-3-6-11-19)20-12-7-4-8-13-20/h3-17,23H,1-2H3,(H,26,28)(H,27,29)/t17-/m1/s1. The summed E-state index contributed by atoms with van der Waals surface area (Å²) < 4.78 is 5.37. The molecular formula is C25H24N2O4. The van der Waals surface area contributed by atoms with Gasteiger partial charge in [0.15, 0.2) is 6.10 Å². The van der Waals surface area contributed by atoms with Gasteiger partial charge in [-0.1, -0.05) is 66.7 Å². The molecule has 1 atom stereocenters. The summed E-state index contributed by atoms with van der Waals surface area (Å²) in [4.78, 5) is 36.6. The maximum atomic E-state index is 12.8. The third-order valence-corrected chi connectivity index (χ3v) is 4.62. The molecule has 0 aliphatic carbocycles. The Hall–Kier alpha value is -3.93. The quantitative estimate of drug-likeness (QED) is 0.568. The van der Waals surface area contributed by atoms with Crippen molar-refractivity contribution >= 4 is 23.5 Å². The van der Waals surface area contributed by atoms with E-state index < -0.39 is 18.0 Å². The molecule has 6 heteroatoms. The minimum Gasteiger partial charge on any atom is -0.449 e. The molecule has 3 aromatic rings. The zero-order valence-electron chi connectivity index (χ0n) is 17.4. The highest BCUT2D eigenvalue weighted by molar-refractivity contribution is 5.95. The highest BCUT2D eigenvalue weighted by Gasteiger charge is 2.23. The molecule has 3 aromatic carbocycles. The molecular weight excluding hydrogens is 392 g/mol. The number of ether oxygens (including phenoxy) is 1. The van der Waals surface area contributed by atoms with E-state index >= 15 is 0 Å². The van der Waals surface area contributed by atoms with E-state index in [1.807, 2.05) is 60.7 Å². The van der Waals surface area contributed by atoms with Crippen molar-refractivity contribution in [3.63, 3.8) is 0 Å². The summed E-state index contributed by atoms with van der Waals surface area (Å²) in [6.45, 7) is 2.91. The number of benzene rings is 3. The lowest BCUT2D eigenvalue weighted by Crippen LogP contribution is -2.38. The maximum Gasteiger partial charge on any atom is 0.338 e. The van der Waals surface area contributed by atoms with Gasteiger partial charge in [-0.3, -0.25) is 9.59 Å². The predicted octanol–water partition coefficient (Wildman–Crippen LogP) is 4.10. The number of carbonyl (C=O) groups is 3. The SMILES string of the molecule is CC(=O)Nc1cccc(C(=O)O[C@H](C)C(=O)NC(c2ccccc2)c2ccccc2)c1. The molecule has 6 nitrogen and oxygen atoms in total. The lowest BCUT2D eigenvalue weighted by atomic mass is 9.98. The van der Waals surface area contributed by atoms with Gasteiger partial charge < -0.3 is 15.4 Å². The van der Waals surface area contributed by atoms with Crippen LogP contribution in [0.1, 0.15) is 41.4 Å². The minimum atomic E-state index is -1.01. The van der Waals surface area contributed by atoms with E-state index in [0.29, 0.717) is 5.69 Å². The second kappa shape index (κ2) is 10.2. The van der Waals surface area contributed by atoms with Crippen LogP contribution in [0.4, 0.5) is 5.69 Å². The largest absolute Gasteiger partial charge is 0.449 e. The molecule has 0 heterocycles. The number of nitrogens with one attached hydrogen (secondary N) is 2. The van der Waals surface area contributed by atoms with Crippen molar-refractivity contribution < 1.29 is 19.1 Å². The van der Waals surface area contributed by atoms with Gasteiger partial charge in [0.25, 0.3) is 5.91 Å². The van der Waals surface area contributed by atoms with Crippen molar-refractivity contribution in [2.75, 3.05) is 5.32 Å². The number of amides is 2. The Kier molecular flexibility index (Phi) is 7.17. The van der Waals surface area contributed by atoms with Gasteiger partial charge in [-0.25, -0.2) is 4.79 Å². The van der Waals surface area contributed by atoms with Crippen LogP contribution in [0.15, 0.2) is 84.9 Å². The van der Waals surface area contributed by atoms with Crippen LogP contribution < -0.4 is 10.6 Å². The number of hydrogen-bond donors (Lipinski definition) is 2. The lowest BCUT2D eigenvalue weighted by molar-refractivity contribution is -0.129. The second-order valence-corrected chi connectivity index (χ2v) is 7.07. The smallest absolute Gasteiger partial charge is 0.338 e. The lowest BCUT2D eigenvalue weighted by Gasteiger charge is -2.22. The summed E-state index contributed by atoms with van der Waals surface area (Å²) in [6, 6.07) is 25.2. The molecule has 0 aliphatic rings. The summed E-state index contributed by atoms with van der Waals surface area (Å²) in [5.74, 6) is -1.30. The van der Waals surface area contributed by atoms with Crippen molar-refractivity contribution in [3.05, 3.63) is 102 Å². The molecule has 0 spiro atoms. The monoisotopic (exact) mass is 416 g/mol. The molecule has 31 heavy (non-hydrogen) atoms. The van der Waals surface area contributed by atoms with Crippen LogP contribution in [0.3, 0.4) is 0 Å². The Bertz CT molecular complexity index is 1010. The van der Waals surface area contributed by atoms with Gasteiger partial charge in [-0.15, -0.1) is 0 Å². The van der Waals surface area contributed by atoms with Crippen molar-refractivity contribution in [2.45, 2.75) is 26.0 Å². The fraction of sp³-hybridized carbons (Fsp3) is 0.160. The van der Waals surface area contributed by atoms with Gasteiger partial charge in [-0.2, -0.15) is 0 Å². The number of anilines is 1. The number of rotatable bonds is 7. The van der Waals surface area contributed by atoms with Crippen LogP contribution in [0.25, 0.3) is 0 Å². The Labute approximate surface area is 181 Å². The third-order valence-electron chi connectivity index (χ3n) is 4.62. The van der Waals surface area contributed by atoms with Crippen LogP contribution in [-0.4, -0.2) is 23.9 Å². The summed E-state index contributed by atoms with van der Waals surface area (Å²) in [5, 5.41) is 5.58. The summed E-state index contributed by atoms with van der Waals surface area (Å²) in [6.07, 6.45) is -1.01. The normalized spacial score (nSPS) is 11.5. The molecule has 0 bridgehead atoms. The number of hydrogen-bond acceptors (Lipinski definition) is 4. The van der Waals surface area contributed by atoms with E-state index in [1.165, 1.54) is 19.9 Å². The van der Waals surface area contributed by atoms with Crippen LogP contribution in [0, 0.1) is 0 Å². The summed E-state index contributed by atoms with van der Waals surface area (Å²) in [5.41, 5.74) is 2.56. The predicted molar refractivity (Wildman–Crippen MR) is 118 cm³/mol. The van der Waals surface area contributed by atoms with Crippen LogP contribution in [-0.2, 0) is 14.3 Å². The topological polar surface area (TPSA) is 84.5 Å². The Balaban J connectivity index is 1.71. The molecule has 0 radical (unpaired) electrons. The minimum absolute atomic E-state index is 0.244. The van der Waals surface area contributed by atoms with E-state index in [2.05, 4.69) is 10.6 Å². The van der Waals surface area contributed by atoms with E-state index in [1.54, 1.807) is 18.2 Å². The molecule has 2 N–H and O–H groups in total. The zero-order valence-corrected chi connectivity index (χ0v) is 17.4. The first kappa shape index (κ1) is 21.8. The first-order chi connectivity index (χ1) is 14.9. The molecule has 2 amide bonds. The summed E-state index contributed by atoms with van der Waals surface area (Å²) in [7, 11) is 0. The Morgan fingerprint density at radius 3 is 1.94 bits per heavy atom. The van der Waals surface area contributed by atoms with Crippen molar-refractivity contribution in [3.8, 4) is 0 Å². The Morgan fingerprint density at radius 2 is 1.39 bits per heavy atom. The van der Waals surface area contributed by atoms with Gasteiger partial charge in [0.05, 0.1) is 11.6 Å². The highest BCUT2D eigenvalue weighted by Crippen LogP contribution is 2.22. The molecule has 0 saturated heterocycles. The first-order valence-electron chi connectivity index (χ1n) is 9.93. The highest BCUT2D eigenvalue weighted by atomic mass is 16.5. The summed E-state index contributed by atoms with van der Waals surface area (Å²) >= 11 is 0. The van der Waals surface area contributed by atoms with E-state index in [9.17, 15) is 14.4 Å². The average molecular weight is 416 g/mol. The molecule has 0 fully saturated rings. The molecule has 0 aromatic heterocycles. The molecule has 158 valence electrons. The fourth-order valence-electron chi connectivity index (χ4n) is 3.12. The van der Waals surface area contributed by atoms with Crippen LogP contribution in [0.5, 0.6) is 0 Å². The molecule has 3 rings (SSSR count). The van der Waals surface area contributed by atoms with E-state index in [0.717, 1.165) is 11.1 Å². The van der Waals surface area contributed by atoms with E-state index in [-0.39, 0.29) is 17.5 Å². The zero-order chi connectivity index (χ0) is 22.2. The first-order valence-corrected chi connectivity index (χ1v) is 9.93. The third kappa shape index (κ3) is 6.02. The van der Waals surface area contributed by atoms with Crippen molar-refractivity contribution in [1.29, 1.82) is 0 Å². The number of esters is 1. The fourth-order valence-corrected chi connectivity index (χ4v) is 3.12. The second-order valence-electron chi connectivity index (χ2n) is 7.07. The average Bonchev–Trinajstić information content (AvgIpc) is 2.78. The van der Waals surface area contributed by atoms with Gasteiger partial charge in [0.2, 0.25) is 5.91 Å². The maximum absolute atomic E-state index is 12.8. The van der Waals surface area contributed by atoms with Crippen molar-refractivity contribution in [1.82, 2.24) is 5.32 Å². The number of carbonyl (C=O) groups excluding carboxylic acids is 3. The molecule has 0 unspecified atom stereocenters. The van der Waals surface area contributed by atoms with E-state index in [4.69, 9.17) is 4.74 Å². The van der Waals surface area contributed by atoms with Gasteiger partial charge in [0, 0.05) is 12.6 Å². The van der Waals surface area contributed by atoms with Gasteiger partial charge in [0.1, 0.15) is 0 Å². The molecule has 0 saturated carbocycles. The van der Waals surface area contributed by atoms with Gasteiger partial charge in [-0.05, 0) is 36.2 Å². The Morgan fingerprint density at radius 1 is 0.806 bits per heavy atom. The van der Waals surface area contributed by atoms with Crippen LogP contribution >= 0.6 is 0 Å².